The second-order valence-corrected chi connectivity index (χ2v) is 6.33. The van der Waals surface area contributed by atoms with Crippen LogP contribution in [0.15, 0.2) is 49.7 Å². The maximum atomic E-state index is 12.9. The summed E-state index contributed by atoms with van der Waals surface area (Å²) in [6.07, 6.45) is 8.94. The number of carbonyl (C=O) groups is 1. The topological polar surface area (TPSA) is 57.3 Å². The minimum absolute atomic E-state index is 0.0691. The van der Waals surface area contributed by atoms with Gasteiger partial charge in [0.15, 0.2) is 0 Å². The Hall–Kier alpha value is -1.98. The van der Waals surface area contributed by atoms with Crippen molar-refractivity contribution in [1.29, 1.82) is 0 Å². The van der Waals surface area contributed by atoms with E-state index in [9.17, 15) is 4.79 Å². The quantitative estimate of drug-likeness (QED) is 0.790. The van der Waals surface area contributed by atoms with Crippen molar-refractivity contribution in [3.8, 4) is 0 Å². The second kappa shape index (κ2) is 6.64. The van der Waals surface area contributed by atoms with Gasteiger partial charge in [0.25, 0.3) is 0 Å². The van der Waals surface area contributed by atoms with Crippen molar-refractivity contribution >= 4 is 5.91 Å². The van der Waals surface area contributed by atoms with Crippen LogP contribution in [0.5, 0.6) is 0 Å². The summed E-state index contributed by atoms with van der Waals surface area (Å²) in [5, 5.41) is 0. The Balaban J connectivity index is 1.67. The van der Waals surface area contributed by atoms with E-state index >= 15 is 0 Å². The Morgan fingerprint density at radius 3 is 2.70 bits per heavy atom. The molecule has 2 unspecified atom stereocenters. The molecule has 5 nitrogen and oxygen atoms in total. The van der Waals surface area contributed by atoms with Gasteiger partial charge in [-0.2, -0.15) is 0 Å². The summed E-state index contributed by atoms with van der Waals surface area (Å²) in [6.45, 7) is 8.50. The van der Waals surface area contributed by atoms with E-state index in [1.807, 2.05) is 35.3 Å². The SMILES string of the molecule is C=CCC1(CC=C)CCN1C(=O)C1CC(c2ccccn2)NN1. The van der Waals surface area contributed by atoms with Crippen molar-refractivity contribution in [3.63, 3.8) is 0 Å². The maximum absolute atomic E-state index is 12.9. The molecule has 2 saturated heterocycles. The molecule has 122 valence electrons. The number of hydrogen-bond acceptors (Lipinski definition) is 4. The fourth-order valence-corrected chi connectivity index (χ4v) is 3.61. The fraction of sp³-hybridized carbons (Fsp3) is 0.444. The third-order valence-electron chi connectivity index (χ3n) is 4.93. The van der Waals surface area contributed by atoms with Crippen molar-refractivity contribution in [2.75, 3.05) is 6.54 Å². The summed E-state index contributed by atoms with van der Waals surface area (Å²) in [5.74, 6) is 0.158. The molecule has 1 aromatic heterocycles. The molecule has 0 aromatic carbocycles. The first kappa shape index (κ1) is 15.9. The van der Waals surface area contributed by atoms with Gasteiger partial charge in [-0.1, -0.05) is 18.2 Å². The lowest BCUT2D eigenvalue weighted by molar-refractivity contribution is -0.149. The molecule has 2 fully saturated rings. The lowest BCUT2D eigenvalue weighted by Crippen LogP contribution is -2.64. The van der Waals surface area contributed by atoms with Crippen molar-refractivity contribution < 1.29 is 4.79 Å². The summed E-state index contributed by atoms with van der Waals surface area (Å²) in [4.78, 5) is 19.3. The Labute approximate surface area is 137 Å². The molecule has 2 aliphatic rings. The van der Waals surface area contributed by atoms with E-state index in [1.54, 1.807) is 6.20 Å². The third-order valence-corrected chi connectivity index (χ3v) is 4.93. The predicted octanol–water partition coefficient (Wildman–Crippen LogP) is 2.11. The van der Waals surface area contributed by atoms with Crippen molar-refractivity contribution in [2.45, 2.75) is 43.3 Å². The molecule has 23 heavy (non-hydrogen) atoms. The lowest BCUT2D eigenvalue weighted by Gasteiger charge is -2.53. The van der Waals surface area contributed by atoms with Gasteiger partial charge in [0.1, 0.15) is 6.04 Å². The number of rotatable bonds is 6. The number of aromatic nitrogens is 1. The number of hydrazine groups is 1. The molecule has 5 heteroatoms. The first-order valence-corrected chi connectivity index (χ1v) is 8.15. The van der Waals surface area contributed by atoms with Crippen LogP contribution >= 0.6 is 0 Å². The number of hydrogen-bond donors (Lipinski definition) is 2. The second-order valence-electron chi connectivity index (χ2n) is 6.33. The highest BCUT2D eigenvalue weighted by Gasteiger charge is 2.48. The molecule has 0 spiro atoms. The zero-order chi connectivity index (χ0) is 16.3. The van der Waals surface area contributed by atoms with E-state index in [2.05, 4.69) is 29.0 Å². The highest BCUT2D eigenvalue weighted by atomic mass is 16.2. The number of pyridine rings is 1. The smallest absolute Gasteiger partial charge is 0.241 e. The van der Waals surface area contributed by atoms with Gasteiger partial charge in [-0.05, 0) is 37.8 Å². The van der Waals surface area contributed by atoms with Gasteiger partial charge in [0.2, 0.25) is 5.91 Å². The average molecular weight is 312 g/mol. The van der Waals surface area contributed by atoms with E-state index in [1.165, 1.54) is 0 Å². The molecular formula is C18H24N4O. The summed E-state index contributed by atoms with van der Waals surface area (Å²) in [6, 6.07) is 5.70. The first-order valence-electron chi connectivity index (χ1n) is 8.15. The van der Waals surface area contributed by atoms with Gasteiger partial charge in [-0.15, -0.1) is 13.2 Å². The zero-order valence-corrected chi connectivity index (χ0v) is 13.4. The summed E-state index contributed by atoms with van der Waals surface area (Å²) < 4.78 is 0. The van der Waals surface area contributed by atoms with Gasteiger partial charge in [0.05, 0.1) is 17.3 Å². The van der Waals surface area contributed by atoms with Crippen LogP contribution in [0.2, 0.25) is 0 Å². The molecule has 2 aliphatic heterocycles. The van der Waals surface area contributed by atoms with E-state index in [0.717, 1.165) is 31.5 Å². The van der Waals surface area contributed by atoms with Crippen LogP contribution in [0.25, 0.3) is 0 Å². The maximum Gasteiger partial charge on any atom is 0.241 e. The summed E-state index contributed by atoms with van der Waals surface area (Å²) >= 11 is 0. The molecule has 3 rings (SSSR count). The summed E-state index contributed by atoms with van der Waals surface area (Å²) in [7, 11) is 0. The predicted molar refractivity (Wildman–Crippen MR) is 90.3 cm³/mol. The number of nitrogens with one attached hydrogen (secondary N) is 2. The monoisotopic (exact) mass is 312 g/mol. The lowest BCUT2D eigenvalue weighted by atomic mass is 9.78. The highest BCUT2D eigenvalue weighted by Crippen LogP contribution is 2.39. The van der Waals surface area contributed by atoms with E-state index in [4.69, 9.17) is 0 Å². The first-order chi connectivity index (χ1) is 11.2. The van der Waals surface area contributed by atoms with E-state index < -0.39 is 0 Å². The molecule has 3 heterocycles. The van der Waals surface area contributed by atoms with Crippen molar-refractivity contribution in [1.82, 2.24) is 20.7 Å². The Morgan fingerprint density at radius 2 is 2.13 bits per heavy atom. The number of carbonyl (C=O) groups excluding carboxylic acids is 1. The molecule has 0 radical (unpaired) electrons. The fourth-order valence-electron chi connectivity index (χ4n) is 3.61. The van der Waals surface area contributed by atoms with Gasteiger partial charge in [-0.25, -0.2) is 10.9 Å². The van der Waals surface area contributed by atoms with Crippen LogP contribution in [0.4, 0.5) is 0 Å². The van der Waals surface area contributed by atoms with Crippen LogP contribution in [0, 0.1) is 0 Å². The van der Waals surface area contributed by atoms with Gasteiger partial charge < -0.3 is 4.90 Å². The average Bonchev–Trinajstić information content (AvgIpc) is 3.04. The van der Waals surface area contributed by atoms with E-state index in [-0.39, 0.29) is 23.5 Å². The minimum atomic E-state index is -0.212. The van der Waals surface area contributed by atoms with Crippen LogP contribution < -0.4 is 10.9 Å². The Kier molecular flexibility index (Phi) is 4.59. The van der Waals surface area contributed by atoms with Gasteiger partial charge in [-0.3, -0.25) is 9.78 Å². The normalized spacial score (nSPS) is 25.7. The molecule has 2 N–H and O–H groups in total. The Bertz CT molecular complexity index is 576. The molecule has 2 atom stereocenters. The largest absolute Gasteiger partial charge is 0.335 e. The van der Waals surface area contributed by atoms with Crippen molar-refractivity contribution in [3.05, 3.63) is 55.4 Å². The minimum Gasteiger partial charge on any atom is -0.335 e. The molecule has 1 aromatic rings. The number of likely N-dealkylation sites (tertiary alicyclic amines) is 1. The number of nitrogens with zero attached hydrogens (tertiary/aromatic N) is 2. The van der Waals surface area contributed by atoms with Crippen LogP contribution in [-0.4, -0.2) is 33.9 Å². The van der Waals surface area contributed by atoms with Crippen LogP contribution in [-0.2, 0) is 4.79 Å². The third kappa shape index (κ3) is 2.94. The highest BCUT2D eigenvalue weighted by molar-refractivity contribution is 5.84. The van der Waals surface area contributed by atoms with Gasteiger partial charge >= 0.3 is 0 Å². The van der Waals surface area contributed by atoms with Crippen LogP contribution in [0.3, 0.4) is 0 Å². The van der Waals surface area contributed by atoms with Crippen molar-refractivity contribution in [2.24, 2.45) is 0 Å². The Morgan fingerprint density at radius 1 is 1.35 bits per heavy atom. The van der Waals surface area contributed by atoms with E-state index in [0.29, 0.717) is 6.42 Å². The number of amides is 1. The standard InChI is InChI=1S/C18H24N4O/c1-3-8-18(9-4-2)10-12-22(18)17(23)16-13-15(20-21-16)14-7-5-6-11-19-14/h3-7,11,15-16,20-21H,1-2,8-10,12-13H2. The molecular weight excluding hydrogens is 288 g/mol. The molecule has 1 amide bonds. The molecule has 0 saturated carbocycles. The van der Waals surface area contributed by atoms with Crippen LogP contribution in [0.1, 0.15) is 37.4 Å². The molecule has 0 aliphatic carbocycles. The molecule has 0 bridgehead atoms. The van der Waals surface area contributed by atoms with Gasteiger partial charge in [0, 0.05) is 12.7 Å². The summed E-state index contributed by atoms with van der Waals surface area (Å²) in [5.41, 5.74) is 7.18. The zero-order valence-electron chi connectivity index (χ0n) is 13.4.